The summed E-state index contributed by atoms with van der Waals surface area (Å²) in [7, 11) is 1.62. The quantitative estimate of drug-likeness (QED) is 0.831. The van der Waals surface area contributed by atoms with Gasteiger partial charge in [-0.2, -0.15) is 0 Å². The van der Waals surface area contributed by atoms with E-state index in [0.29, 0.717) is 11.3 Å². The Labute approximate surface area is 113 Å². The normalized spacial score (nSPS) is 12.2. The molecule has 2 aromatic carbocycles. The van der Waals surface area contributed by atoms with E-state index < -0.39 is 6.10 Å². The molecule has 2 rings (SSSR count). The van der Waals surface area contributed by atoms with E-state index in [1.165, 1.54) is 0 Å². The Morgan fingerprint density at radius 2 is 1.74 bits per heavy atom. The average Bonchev–Trinajstić information content (AvgIpc) is 2.41. The summed E-state index contributed by atoms with van der Waals surface area (Å²) < 4.78 is 5.44. The molecule has 0 aliphatic carbocycles. The Hall–Kier alpha value is -2.00. The summed E-state index contributed by atoms with van der Waals surface area (Å²) in [6.45, 7) is 4.00. The minimum Gasteiger partial charge on any atom is -0.496 e. The first kappa shape index (κ1) is 13.4. The van der Waals surface area contributed by atoms with Crippen LogP contribution in [0.1, 0.15) is 28.4 Å². The van der Waals surface area contributed by atoms with Crippen molar-refractivity contribution in [3.8, 4) is 5.75 Å². The SMILES string of the molecule is COc1c(C(O)c2ccccc2N)ccc(C)c1C. The third-order valence-corrected chi connectivity index (χ3v) is 3.50. The van der Waals surface area contributed by atoms with Gasteiger partial charge in [-0.05, 0) is 31.0 Å². The molecular weight excluding hydrogens is 238 g/mol. The zero-order valence-electron chi connectivity index (χ0n) is 11.5. The van der Waals surface area contributed by atoms with E-state index >= 15 is 0 Å². The van der Waals surface area contributed by atoms with Crippen LogP contribution >= 0.6 is 0 Å². The molecule has 3 N–H and O–H groups in total. The fraction of sp³-hybridized carbons (Fsp3) is 0.250. The van der Waals surface area contributed by atoms with Crippen molar-refractivity contribution in [1.82, 2.24) is 0 Å². The van der Waals surface area contributed by atoms with Crippen LogP contribution in [0, 0.1) is 13.8 Å². The first-order valence-electron chi connectivity index (χ1n) is 6.22. The van der Waals surface area contributed by atoms with Crippen molar-refractivity contribution in [2.45, 2.75) is 20.0 Å². The molecular formula is C16H19NO2. The number of rotatable bonds is 3. The van der Waals surface area contributed by atoms with Gasteiger partial charge >= 0.3 is 0 Å². The summed E-state index contributed by atoms with van der Waals surface area (Å²) in [6, 6.07) is 11.2. The van der Waals surface area contributed by atoms with Gasteiger partial charge in [0.15, 0.2) is 0 Å². The van der Waals surface area contributed by atoms with Gasteiger partial charge < -0.3 is 15.6 Å². The number of methoxy groups -OCH3 is 1. The largest absolute Gasteiger partial charge is 0.496 e. The monoisotopic (exact) mass is 257 g/mol. The third kappa shape index (κ3) is 2.42. The van der Waals surface area contributed by atoms with E-state index in [2.05, 4.69) is 0 Å². The van der Waals surface area contributed by atoms with Crippen LogP contribution in [0.3, 0.4) is 0 Å². The molecule has 0 spiro atoms. The fourth-order valence-electron chi connectivity index (χ4n) is 2.22. The number of nitrogen functional groups attached to an aromatic ring is 1. The van der Waals surface area contributed by atoms with Crippen LogP contribution in [0.4, 0.5) is 5.69 Å². The number of benzene rings is 2. The molecule has 3 heteroatoms. The Morgan fingerprint density at radius 3 is 2.37 bits per heavy atom. The molecule has 0 radical (unpaired) electrons. The molecule has 19 heavy (non-hydrogen) atoms. The number of aliphatic hydroxyl groups excluding tert-OH is 1. The van der Waals surface area contributed by atoms with Gasteiger partial charge in [-0.1, -0.05) is 30.3 Å². The maximum Gasteiger partial charge on any atom is 0.128 e. The van der Waals surface area contributed by atoms with Crippen LogP contribution in [0.15, 0.2) is 36.4 Å². The van der Waals surface area contributed by atoms with E-state index in [0.717, 1.165) is 22.4 Å². The highest BCUT2D eigenvalue weighted by molar-refractivity contribution is 5.54. The van der Waals surface area contributed by atoms with Gasteiger partial charge in [0.2, 0.25) is 0 Å². The van der Waals surface area contributed by atoms with E-state index in [-0.39, 0.29) is 0 Å². The molecule has 0 aliphatic rings. The summed E-state index contributed by atoms with van der Waals surface area (Å²) in [5.74, 6) is 0.718. The Kier molecular flexibility index (Phi) is 3.76. The van der Waals surface area contributed by atoms with E-state index in [4.69, 9.17) is 10.5 Å². The lowest BCUT2D eigenvalue weighted by Gasteiger charge is -2.19. The lowest BCUT2D eigenvalue weighted by Crippen LogP contribution is -2.06. The highest BCUT2D eigenvalue weighted by atomic mass is 16.5. The minimum absolute atomic E-state index is 0.579. The number of ether oxygens (including phenoxy) is 1. The minimum atomic E-state index is -0.782. The van der Waals surface area contributed by atoms with Crippen molar-refractivity contribution in [3.05, 3.63) is 58.7 Å². The summed E-state index contributed by atoms with van der Waals surface area (Å²) in [5, 5.41) is 10.5. The topological polar surface area (TPSA) is 55.5 Å². The highest BCUT2D eigenvalue weighted by Crippen LogP contribution is 2.35. The first-order chi connectivity index (χ1) is 9.06. The Balaban J connectivity index is 2.53. The molecule has 3 nitrogen and oxygen atoms in total. The van der Waals surface area contributed by atoms with Gasteiger partial charge in [0.05, 0.1) is 7.11 Å². The Morgan fingerprint density at radius 1 is 1.05 bits per heavy atom. The van der Waals surface area contributed by atoms with Crippen molar-refractivity contribution < 1.29 is 9.84 Å². The van der Waals surface area contributed by atoms with Crippen molar-refractivity contribution >= 4 is 5.69 Å². The second kappa shape index (κ2) is 5.33. The standard InChI is InChI=1S/C16H19NO2/c1-10-8-9-13(16(19-3)11(10)2)15(18)12-6-4-5-7-14(12)17/h4-9,15,18H,17H2,1-3H3. The van der Waals surface area contributed by atoms with E-state index in [9.17, 15) is 5.11 Å². The highest BCUT2D eigenvalue weighted by Gasteiger charge is 2.19. The van der Waals surface area contributed by atoms with Crippen molar-refractivity contribution in [2.75, 3.05) is 12.8 Å². The fourth-order valence-corrected chi connectivity index (χ4v) is 2.22. The average molecular weight is 257 g/mol. The second-order valence-corrected chi connectivity index (χ2v) is 4.66. The summed E-state index contributed by atoms with van der Waals surface area (Å²) in [4.78, 5) is 0. The molecule has 0 aliphatic heterocycles. The molecule has 0 heterocycles. The number of para-hydroxylation sites is 1. The van der Waals surface area contributed by atoms with Crippen LogP contribution in [0.2, 0.25) is 0 Å². The van der Waals surface area contributed by atoms with Gasteiger partial charge in [-0.25, -0.2) is 0 Å². The number of aryl methyl sites for hydroxylation is 1. The summed E-state index contributed by atoms with van der Waals surface area (Å²) in [5.41, 5.74) is 10.1. The van der Waals surface area contributed by atoms with Crippen molar-refractivity contribution in [2.24, 2.45) is 0 Å². The molecule has 2 aromatic rings. The number of hydrogen-bond donors (Lipinski definition) is 2. The molecule has 0 saturated heterocycles. The van der Waals surface area contributed by atoms with Gasteiger partial charge in [-0.3, -0.25) is 0 Å². The Bertz CT molecular complexity index is 593. The van der Waals surface area contributed by atoms with Gasteiger partial charge in [-0.15, -0.1) is 0 Å². The van der Waals surface area contributed by atoms with Crippen LogP contribution in [0.25, 0.3) is 0 Å². The van der Waals surface area contributed by atoms with Crippen molar-refractivity contribution in [3.63, 3.8) is 0 Å². The molecule has 0 aromatic heterocycles. The molecule has 0 fully saturated rings. The van der Waals surface area contributed by atoms with Gasteiger partial charge in [0.1, 0.15) is 11.9 Å². The number of anilines is 1. The number of aliphatic hydroxyl groups is 1. The van der Waals surface area contributed by atoms with Crippen LogP contribution in [-0.2, 0) is 0 Å². The van der Waals surface area contributed by atoms with E-state index in [1.54, 1.807) is 13.2 Å². The van der Waals surface area contributed by atoms with E-state index in [1.807, 2.05) is 44.2 Å². The first-order valence-corrected chi connectivity index (χ1v) is 6.22. The van der Waals surface area contributed by atoms with Gasteiger partial charge in [0.25, 0.3) is 0 Å². The molecule has 0 amide bonds. The van der Waals surface area contributed by atoms with Crippen molar-refractivity contribution in [1.29, 1.82) is 0 Å². The maximum absolute atomic E-state index is 10.5. The molecule has 1 atom stereocenters. The predicted molar refractivity (Wildman–Crippen MR) is 77.4 cm³/mol. The van der Waals surface area contributed by atoms with Crippen LogP contribution < -0.4 is 10.5 Å². The zero-order chi connectivity index (χ0) is 14.0. The lowest BCUT2D eigenvalue weighted by molar-refractivity contribution is 0.215. The molecule has 1 unspecified atom stereocenters. The van der Waals surface area contributed by atoms with Crippen LogP contribution in [-0.4, -0.2) is 12.2 Å². The smallest absolute Gasteiger partial charge is 0.128 e. The van der Waals surface area contributed by atoms with Gasteiger partial charge in [0, 0.05) is 16.8 Å². The van der Waals surface area contributed by atoms with Crippen LogP contribution in [0.5, 0.6) is 5.75 Å². The zero-order valence-corrected chi connectivity index (χ0v) is 11.5. The molecule has 100 valence electrons. The second-order valence-electron chi connectivity index (χ2n) is 4.66. The lowest BCUT2D eigenvalue weighted by atomic mass is 9.95. The third-order valence-electron chi connectivity index (χ3n) is 3.50. The predicted octanol–water partition coefficient (Wildman–Crippen LogP) is 2.98. The maximum atomic E-state index is 10.5. The molecule has 0 bridgehead atoms. The molecule has 0 saturated carbocycles. The summed E-state index contributed by atoms with van der Waals surface area (Å²) in [6.07, 6.45) is -0.782. The summed E-state index contributed by atoms with van der Waals surface area (Å²) >= 11 is 0. The number of nitrogens with two attached hydrogens (primary N) is 1. The number of hydrogen-bond acceptors (Lipinski definition) is 3.